The molecule has 2 atom stereocenters. The van der Waals surface area contributed by atoms with Crippen LogP contribution in [0.2, 0.25) is 0 Å². The number of rotatable bonds is 2. The average Bonchev–Trinajstić information content (AvgIpc) is 1.68. The van der Waals surface area contributed by atoms with Crippen molar-refractivity contribution in [2.75, 3.05) is 6.38 Å². The van der Waals surface area contributed by atoms with Gasteiger partial charge < -0.3 is 18.9 Å². The minimum Gasteiger partial charge on any atom is -0.781 e. The molecule has 0 aliphatic carbocycles. The van der Waals surface area contributed by atoms with Crippen LogP contribution in [0.3, 0.4) is 0 Å². The predicted octanol–water partition coefficient (Wildman–Crippen LogP) is -1.02. The van der Waals surface area contributed by atoms with E-state index >= 15 is 0 Å². The van der Waals surface area contributed by atoms with Crippen molar-refractivity contribution < 1.29 is 23.2 Å². The van der Waals surface area contributed by atoms with E-state index < -0.39 is 16.5 Å². The largest absolute Gasteiger partial charge is 2.00 e. The summed E-state index contributed by atoms with van der Waals surface area (Å²) in [6.07, 6.45) is 1.47. The maximum Gasteiger partial charge on any atom is 2.00 e. The van der Waals surface area contributed by atoms with Crippen molar-refractivity contribution in [3.8, 4) is 0 Å². The summed E-state index contributed by atoms with van der Waals surface area (Å²) in [6, 6.07) is 0. The van der Waals surface area contributed by atoms with Gasteiger partial charge in [0.05, 0.1) is 0 Å². The molecule has 0 radical (unpaired) electrons. The van der Waals surface area contributed by atoms with E-state index in [0.29, 0.717) is 0 Å². The molecule has 0 bridgehead atoms. The number of alkyl halides is 1. The van der Waals surface area contributed by atoms with Gasteiger partial charge in [-0.05, 0) is 0 Å². The first kappa shape index (κ1) is 17.5. The van der Waals surface area contributed by atoms with Crippen molar-refractivity contribution >= 4 is 51.2 Å². The molecule has 0 fully saturated rings. The Balaban J connectivity index is -0.000000149. The third-order valence-corrected chi connectivity index (χ3v) is 1.50. The number of hydrogen-bond donors (Lipinski definition) is 0. The average molecular weight is 219 g/mol. The van der Waals surface area contributed by atoms with E-state index in [4.69, 9.17) is 0 Å². The topological polar surface area (TPSA) is 89.5 Å². The van der Waals surface area contributed by atoms with Crippen LogP contribution in [0.1, 0.15) is 0 Å². The molecule has 9 heteroatoms. The zero-order valence-electron chi connectivity index (χ0n) is 5.13. The van der Waals surface area contributed by atoms with Crippen LogP contribution in [0.5, 0.6) is 0 Å². The molecule has 0 saturated heterocycles. The van der Waals surface area contributed by atoms with E-state index in [1.165, 1.54) is 6.38 Å². The second-order valence-corrected chi connectivity index (χ2v) is 2.42. The molecule has 0 amide bonds. The molecule has 5 nitrogen and oxygen atoms in total. The summed E-state index contributed by atoms with van der Waals surface area (Å²) in [6.45, 7) is 0. The normalized spacial score (nSPS) is 13.6. The third-order valence-electron chi connectivity index (χ3n) is 0.167. The van der Waals surface area contributed by atoms with Crippen LogP contribution in [0.4, 0.5) is 0 Å². The van der Waals surface area contributed by atoms with Crippen LogP contribution in [-0.4, -0.2) is 29.4 Å². The summed E-state index contributed by atoms with van der Waals surface area (Å²) >= 11 is 4.64. The second-order valence-electron chi connectivity index (χ2n) is 0.602. The van der Waals surface area contributed by atoms with E-state index in [0.717, 1.165) is 0 Å². The molecule has 0 aromatic rings. The van der Waals surface area contributed by atoms with Gasteiger partial charge in [0, 0.05) is 6.38 Å². The molecular weight excluding hydrogens is 214 g/mol. The number of hydrogen-bond acceptors (Lipinski definition) is 5. The standard InChI is InChI=1S/CH3Cl.Mg.H4O5P2/c1-2;;1-6(2)5-7(3)4/h1H3;;6-7H,(H,1,2)(H,3,4)/q;+2;/p-2. The van der Waals surface area contributed by atoms with E-state index in [1.54, 1.807) is 0 Å². The Morgan fingerprint density at radius 2 is 1.40 bits per heavy atom. The molecule has 0 aliphatic rings. The zero-order valence-corrected chi connectivity index (χ0v) is 9.30. The molecule has 0 heterocycles. The maximum absolute atomic E-state index is 9.29. The van der Waals surface area contributed by atoms with Gasteiger partial charge in [-0.15, -0.1) is 11.6 Å². The van der Waals surface area contributed by atoms with Crippen molar-refractivity contribution in [2.45, 2.75) is 0 Å². The van der Waals surface area contributed by atoms with Crippen molar-refractivity contribution in [1.29, 1.82) is 0 Å². The van der Waals surface area contributed by atoms with E-state index in [1.807, 2.05) is 0 Å². The Labute approximate surface area is 80.8 Å². The Hall–Kier alpha value is 1.40. The zero-order chi connectivity index (χ0) is 7.86. The van der Waals surface area contributed by atoms with Gasteiger partial charge in [0.15, 0.2) is 0 Å². The van der Waals surface area contributed by atoms with E-state index in [2.05, 4.69) is 15.9 Å². The SMILES string of the molecule is CCl.O=[PH]([O-])O[PH](=O)[O-].[Mg+2]. The Bertz CT molecular complexity index is 95.8. The number of halogens is 1. The van der Waals surface area contributed by atoms with Crippen molar-refractivity contribution in [3.05, 3.63) is 0 Å². The quantitative estimate of drug-likeness (QED) is 0.336. The fourth-order valence-corrected chi connectivity index (χ4v) is 0.612. The minimum absolute atomic E-state index is 0. The molecule has 10 heavy (non-hydrogen) atoms. The van der Waals surface area contributed by atoms with Crippen LogP contribution in [0.25, 0.3) is 0 Å². The summed E-state index contributed by atoms with van der Waals surface area (Å²) in [7, 11) is -7.03. The first-order valence-electron chi connectivity index (χ1n) is 1.60. The van der Waals surface area contributed by atoms with Crippen LogP contribution < -0.4 is 9.79 Å². The first-order chi connectivity index (χ1) is 4.13. The van der Waals surface area contributed by atoms with Gasteiger partial charge >= 0.3 is 23.1 Å². The van der Waals surface area contributed by atoms with Gasteiger partial charge in [-0.3, -0.25) is 4.31 Å². The monoisotopic (exact) mass is 218 g/mol. The molecular formula is CH5ClMgO5P2. The molecule has 0 aromatic carbocycles. The Morgan fingerprint density at radius 1 is 1.20 bits per heavy atom. The fourth-order valence-electron chi connectivity index (χ4n) is 0.0680. The van der Waals surface area contributed by atoms with Crippen LogP contribution in [0, 0.1) is 0 Å². The summed E-state index contributed by atoms with van der Waals surface area (Å²) in [5.74, 6) is 0. The Kier molecular flexibility index (Phi) is 22.7. The van der Waals surface area contributed by atoms with Gasteiger partial charge in [0.25, 0.3) is 0 Å². The maximum atomic E-state index is 9.29. The van der Waals surface area contributed by atoms with Crippen LogP contribution in [0.15, 0.2) is 0 Å². The smallest absolute Gasteiger partial charge is 0.781 e. The second kappa shape index (κ2) is 13.0. The molecule has 2 unspecified atom stereocenters. The Morgan fingerprint density at radius 3 is 1.40 bits per heavy atom. The molecule has 0 N–H and O–H groups in total. The van der Waals surface area contributed by atoms with Gasteiger partial charge in [-0.25, -0.2) is 0 Å². The summed E-state index contributed by atoms with van der Waals surface area (Å²) in [5, 5.41) is 0. The minimum atomic E-state index is -3.51. The molecule has 0 aliphatic heterocycles. The summed E-state index contributed by atoms with van der Waals surface area (Å²) in [4.78, 5) is 18.6. The summed E-state index contributed by atoms with van der Waals surface area (Å²) in [5.41, 5.74) is 0. The van der Waals surface area contributed by atoms with E-state index in [9.17, 15) is 18.9 Å². The third kappa shape index (κ3) is 22.7. The van der Waals surface area contributed by atoms with Crippen molar-refractivity contribution in [3.63, 3.8) is 0 Å². The summed E-state index contributed by atoms with van der Waals surface area (Å²) < 4.78 is 21.8. The molecule has 58 valence electrons. The molecule has 0 rings (SSSR count). The van der Waals surface area contributed by atoms with Crippen molar-refractivity contribution in [2.24, 2.45) is 0 Å². The molecule has 0 saturated carbocycles. The van der Waals surface area contributed by atoms with E-state index in [-0.39, 0.29) is 23.1 Å². The predicted molar refractivity (Wildman–Crippen MR) is 36.6 cm³/mol. The van der Waals surface area contributed by atoms with Gasteiger partial charge in [-0.1, -0.05) is 0 Å². The van der Waals surface area contributed by atoms with Gasteiger partial charge in [0.2, 0.25) is 0 Å². The van der Waals surface area contributed by atoms with Crippen LogP contribution in [-0.2, 0) is 13.4 Å². The molecule has 0 spiro atoms. The van der Waals surface area contributed by atoms with Gasteiger partial charge in [0.1, 0.15) is 16.5 Å². The van der Waals surface area contributed by atoms with Crippen molar-refractivity contribution in [1.82, 2.24) is 0 Å². The molecule has 0 aromatic heterocycles. The fraction of sp³-hybridized carbons (Fsp3) is 1.00. The van der Waals surface area contributed by atoms with Crippen LogP contribution >= 0.6 is 28.1 Å². The van der Waals surface area contributed by atoms with Gasteiger partial charge in [-0.2, -0.15) is 0 Å². The first-order valence-corrected chi connectivity index (χ1v) is 4.81.